The van der Waals surface area contributed by atoms with Crippen molar-refractivity contribution in [3.63, 3.8) is 0 Å². The van der Waals surface area contributed by atoms with Gasteiger partial charge in [-0.3, -0.25) is 0 Å². The van der Waals surface area contributed by atoms with E-state index in [0.29, 0.717) is 31.5 Å². The number of nitrogens with zero attached hydrogens (tertiary/aromatic N) is 1. The normalized spacial score (nSPS) is 53.2. The number of fused-ring (bicyclic) bond motifs is 5. The molecule has 0 aromatic rings. The smallest absolute Gasteiger partial charge is 0.182 e. The molecule has 1 heterocycles. The minimum atomic E-state index is -1.62. The van der Waals surface area contributed by atoms with E-state index < -0.39 is 22.9 Å². The van der Waals surface area contributed by atoms with Gasteiger partial charge in [0.2, 0.25) is 0 Å². The Kier molecular flexibility index (Phi) is 3.74. The van der Waals surface area contributed by atoms with Crippen molar-refractivity contribution >= 4 is 0 Å². The second-order valence-electron chi connectivity index (χ2n) is 10.1. The van der Waals surface area contributed by atoms with Crippen LogP contribution >= 0.6 is 0 Å². The van der Waals surface area contributed by atoms with Crippen molar-refractivity contribution in [3.05, 3.63) is 11.6 Å². The Bertz CT molecular complexity index is 722. The minimum Gasteiger partial charge on any atom is -0.389 e. The zero-order chi connectivity index (χ0) is 19.1. The summed E-state index contributed by atoms with van der Waals surface area (Å²) in [6.45, 7) is 5.83. The summed E-state index contributed by atoms with van der Waals surface area (Å²) in [6.07, 6.45) is 7.67. The number of rotatable bonds is 0. The molecular formula is C22H31NO4. The van der Waals surface area contributed by atoms with Crippen molar-refractivity contribution in [3.8, 4) is 6.07 Å². The third kappa shape index (κ3) is 2.13. The van der Waals surface area contributed by atoms with Crippen LogP contribution in [0.25, 0.3) is 0 Å². The average Bonchev–Trinajstić information content (AvgIpc) is 3.19. The Hall–Kier alpha value is -0.930. The Morgan fingerprint density at radius 1 is 1.15 bits per heavy atom. The fourth-order valence-corrected chi connectivity index (χ4v) is 7.57. The first-order valence-corrected chi connectivity index (χ1v) is 10.6. The quantitative estimate of drug-likeness (QED) is 0.504. The van der Waals surface area contributed by atoms with Crippen molar-refractivity contribution in [1.82, 2.24) is 0 Å². The van der Waals surface area contributed by atoms with Crippen LogP contribution in [0.1, 0.15) is 58.8 Å². The molecule has 2 N–H and O–H groups in total. The summed E-state index contributed by atoms with van der Waals surface area (Å²) < 4.78 is 12.0. The van der Waals surface area contributed by atoms with E-state index in [1.807, 2.05) is 6.92 Å². The first-order chi connectivity index (χ1) is 12.8. The van der Waals surface area contributed by atoms with Crippen molar-refractivity contribution in [1.29, 1.82) is 5.26 Å². The van der Waals surface area contributed by atoms with Gasteiger partial charge < -0.3 is 19.7 Å². The summed E-state index contributed by atoms with van der Waals surface area (Å²) in [5.74, 6) is 0.767. The predicted molar refractivity (Wildman–Crippen MR) is 98.3 cm³/mol. The van der Waals surface area contributed by atoms with Crippen LogP contribution in [0, 0.1) is 39.9 Å². The summed E-state index contributed by atoms with van der Waals surface area (Å²) in [7, 11) is 0. The van der Waals surface area contributed by atoms with Gasteiger partial charge in [-0.15, -0.1) is 0 Å². The van der Waals surface area contributed by atoms with Gasteiger partial charge in [-0.2, -0.15) is 5.26 Å². The highest BCUT2D eigenvalue weighted by molar-refractivity contribution is 5.30. The summed E-state index contributed by atoms with van der Waals surface area (Å²) in [5.41, 5.74) is -0.509. The molecule has 5 rings (SSSR count). The molecule has 5 nitrogen and oxygen atoms in total. The molecule has 7 atom stereocenters. The third-order valence-electron chi connectivity index (χ3n) is 9.31. The van der Waals surface area contributed by atoms with E-state index in [2.05, 4.69) is 19.1 Å². The van der Waals surface area contributed by atoms with Gasteiger partial charge in [-0.25, -0.2) is 0 Å². The molecule has 4 aliphatic carbocycles. The van der Waals surface area contributed by atoms with E-state index in [0.717, 1.165) is 38.5 Å². The zero-order valence-corrected chi connectivity index (χ0v) is 16.4. The fourth-order valence-electron chi connectivity index (χ4n) is 7.57. The lowest BCUT2D eigenvalue weighted by Crippen LogP contribution is -2.56. The summed E-state index contributed by atoms with van der Waals surface area (Å²) >= 11 is 0. The number of aliphatic hydroxyl groups excluding tert-OH is 1. The van der Waals surface area contributed by atoms with Crippen LogP contribution in [-0.4, -0.2) is 40.9 Å². The molecule has 0 amide bonds. The molecule has 4 fully saturated rings. The lowest BCUT2D eigenvalue weighted by atomic mass is 9.47. The van der Waals surface area contributed by atoms with Gasteiger partial charge in [0.1, 0.15) is 6.07 Å². The third-order valence-corrected chi connectivity index (χ3v) is 9.31. The number of ether oxygens (including phenoxy) is 2. The molecule has 3 saturated carbocycles. The summed E-state index contributed by atoms with van der Waals surface area (Å²) in [4.78, 5) is 0. The molecular weight excluding hydrogens is 342 g/mol. The molecule has 1 saturated heterocycles. The van der Waals surface area contributed by atoms with Crippen LogP contribution in [0.15, 0.2) is 11.6 Å². The van der Waals surface area contributed by atoms with Gasteiger partial charge in [0, 0.05) is 18.3 Å². The molecule has 0 unspecified atom stereocenters. The van der Waals surface area contributed by atoms with Crippen LogP contribution in [-0.2, 0) is 9.47 Å². The highest BCUT2D eigenvalue weighted by atomic mass is 16.7. The van der Waals surface area contributed by atoms with Crippen LogP contribution < -0.4 is 0 Å². The van der Waals surface area contributed by atoms with Gasteiger partial charge in [-0.1, -0.05) is 25.5 Å². The number of aliphatic hydroxyl groups is 2. The van der Waals surface area contributed by atoms with Gasteiger partial charge in [0.25, 0.3) is 0 Å². The molecule has 5 aliphatic rings. The second kappa shape index (κ2) is 5.57. The summed E-state index contributed by atoms with van der Waals surface area (Å²) in [5, 5.41) is 31.2. The predicted octanol–water partition coefficient (Wildman–Crippen LogP) is 2.92. The van der Waals surface area contributed by atoms with E-state index in [-0.39, 0.29) is 11.3 Å². The number of nitriles is 1. The maximum atomic E-state index is 11.0. The molecule has 5 heteroatoms. The number of hydrogen-bond acceptors (Lipinski definition) is 5. The number of hydrogen-bond donors (Lipinski definition) is 2. The van der Waals surface area contributed by atoms with Gasteiger partial charge in [-0.05, 0) is 55.3 Å². The molecule has 0 aromatic heterocycles. The van der Waals surface area contributed by atoms with E-state index in [9.17, 15) is 15.5 Å². The largest absolute Gasteiger partial charge is 0.389 e. The van der Waals surface area contributed by atoms with E-state index in [4.69, 9.17) is 9.47 Å². The monoisotopic (exact) mass is 373 g/mol. The van der Waals surface area contributed by atoms with Gasteiger partial charge >= 0.3 is 0 Å². The van der Waals surface area contributed by atoms with Crippen molar-refractivity contribution in [2.75, 3.05) is 13.2 Å². The van der Waals surface area contributed by atoms with E-state index in [1.165, 1.54) is 5.57 Å². The standard InChI is InChI=1S/C22H31NO4/c1-19-7-8-21(26-9-10-27-21)12-14(19)3-4-15-16(19)5-6-20(2)17(15)11-18(24)22(20,25)13-23/h3,15-18,24-25H,4-12H2,1-2H3/t15-,16+,17+,18+,19-,20-,22+/m0/s1. The fraction of sp³-hybridized carbons (Fsp3) is 0.864. The molecule has 27 heavy (non-hydrogen) atoms. The molecule has 1 aliphatic heterocycles. The first kappa shape index (κ1) is 18.1. The molecule has 0 radical (unpaired) electrons. The minimum absolute atomic E-state index is 0.142. The van der Waals surface area contributed by atoms with E-state index in [1.54, 1.807) is 0 Å². The molecule has 0 bridgehead atoms. The highest BCUT2D eigenvalue weighted by Gasteiger charge is 2.68. The molecule has 0 aromatic carbocycles. The maximum Gasteiger partial charge on any atom is 0.182 e. The van der Waals surface area contributed by atoms with Crippen LogP contribution in [0.5, 0.6) is 0 Å². The van der Waals surface area contributed by atoms with Gasteiger partial charge in [0.15, 0.2) is 11.4 Å². The lowest BCUT2D eigenvalue weighted by molar-refractivity contribution is -0.187. The Morgan fingerprint density at radius 2 is 1.89 bits per heavy atom. The Labute approximate surface area is 161 Å². The first-order valence-electron chi connectivity index (χ1n) is 10.6. The Morgan fingerprint density at radius 3 is 2.59 bits per heavy atom. The highest BCUT2D eigenvalue weighted by Crippen LogP contribution is 2.67. The van der Waals surface area contributed by atoms with Crippen molar-refractivity contribution in [2.45, 2.75) is 76.3 Å². The van der Waals surface area contributed by atoms with Crippen LogP contribution in [0.3, 0.4) is 0 Å². The van der Waals surface area contributed by atoms with E-state index >= 15 is 0 Å². The second-order valence-corrected chi connectivity index (χ2v) is 10.1. The lowest BCUT2D eigenvalue weighted by Gasteiger charge is -2.59. The zero-order valence-electron chi connectivity index (χ0n) is 16.4. The molecule has 148 valence electrons. The Balaban J connectivity index is 1.48. The topological polar surface area (TPSA) is 82.7 Å². The molecule has 1 spiro atoms. The van der Waals surface area contributed by atoms with Crippen molar-refractivity contribution in [2.24, 2.45) is 28.6 Å². The van der Waals surface area contributed by atoms with Gasteiger partial charge in [0.05, 0.1) is 19.3 Å². The average molecular weight is 373 g/mol. The summed E-state index contributed by atoms with van der Waals surface area (Å²) in [6, 6.07) is 2.08. The SMILES string of the molecule is C[C@]12CCC3(CC1=CC[C@H]1[C@H]2CC[C@@]2(C)[C@@H]1C[C@@H](O)[C@]2(O)C#N)OCCO3. The number of allylic oxidation sites excluding steroid dienone is 1. The maximum absolute atomic E-state index is 11.0. The van der Waals surface area contributed by atoms with Crippen LogP contribution in [0.2, 0.25) is 0 Å². The van der Waals surface area contributed by atoms with Crippen LogP contribution in [0.4, 0.5) is 0 Å². The van der Waals surface area contributed by atoms with Crippen molar-refractivity contribution < 1.29 is 19.7 Å².